The molecule has 0 bridgehead atoms. The van der Waals surface area contributed by atoms with E-state index in [0.29, 0.717) is 12.8 Å². The smallest absolute Gasteiger partial charge is 0.256 e. The van der Waals surface area contributed by atoms with Crippen molar-refractivity contribution >= 4 is 11.6 Å². The molecular weight excluding hydrogens is 240 g/mol. The molecule has 1 saturated heterocycles. The fraction of sp³-hybridized carbons (Fsp3) is 0.533. The van der Waals surface area contributed by atoms with Crippen molar-refractivity contribution in [1.82, 2.24) is 5.32 Å². The van der Waals surface area contributed by atoms with E-state index in [-0.39, 0.29) is 5.91 Å². The number of aryl methyl sites for hydroxylation is 1. The average molecular weight is 262 g/mol. The van der Waals surface area contributed by atoms with Gasteiger partial charge in [-0.3, -0.25) is 4.79 Å². The zero-order valence-electron chi connectivity index (χ0n) is 11.7. The topological polar surface area (TPSA) is 50.4 Å². The van der Waals surface area contributed by atoms with Crippen LogP contribution in [-0.4, -0.2) is 31.7 Å². The molecule has 1 fully saturated rings. The summed E-state index contributed by atoms with van der Waals surface area (Å²) >= 11 is 0. The van der Waals surface area contributed by atoms with Gasteiger partial charge in [-0.2, -0.15) is 0 Å². The first-order valence-electron chi connectivity index (χ1n) is 6.86. The van der Waals surface area contributed by atoms with Crippen molar-refractivity contribution in [3.8, 4) is 0 Å². The Morgan fingerprint density at radius 3 is 2.79 bits per heavy atom. The Hall–Kier alpha value is -1.39. The van der Waals surface area contributed by atoms with Gasteiger partial charge in [-0.1, -0.05) is 19.1 Å². The minimum absolute atomic E-state index is 0.0373. The maximum absolute atomic E-state index is 12.5. The summed E-state index contributed by atoms with van der Waals surface area (Å²) in [6, 6.07) is 7.96. The molecule has 4 heteroatoms. The molecule has 1 heterocycles. The first kappa shape index (κ1) is 14.0. The van der Waals surface area contributed by atoms with Crippen molar-refractivity contribution < 1.29 is 9.53 Å². The van der Waals surface area contributed by atoms with Gasteiger partial charge in [0.1, 0.15) is 5.60 Å². The highest BCUT2D eigenvalue weighted by Crippen LogP contribution is 2.24. The standard InChI is InChI=1S/C15H22N2O2/c1-3-12-5-4-6-13(11-12)17-14(18)15(19-2)7-9-16-10-8-15/h4-6,11,16H,3,7-10H2,1-2H3,(H,17,18). The summed E-state index contributed by atoms with van der Waals surface area (Å²) < 4.78 is 5.52. The number of hydrogen-bond donors (Lipinski definition) is 2. The predicted octanol–water partition coefficient (Wildman–Crippen LogP) is 1.96. The van der Waals surface area contributed by atoms with Gasteiger partial charge in [0.25, 0.3) is 5.91 Å². The van der Waals surface area contributed by atoms with Gasteiger partial charge in [0, 0.05) is 12.8 Å². The summed E-state index contributed by atoms with van der Waals surface area (Å²) in [5, 5.41) is 6.24. The molecule has 0 aromatic heterocycles. The number of methoxy groups -OCH3 is 1. The third kappa shape index (κ3) is 3.14. The van der Waals surface area contributed by atoms with Crippen molar-refractivity contribution in [2.24, 2.45) is 0 Å². The van der Waals surface area contributed by atoms with Crippen LogP contribution in [0.15, 0.2) is 24.3 Å². The molecule has 4 nitrogen and oxygen atoms in total. The van der Waals surface area contributed by atoms with E-state index in [4.69, 9.17) is 4.74 Å². The molecular formula is C15H22N2O2. The normalized spacial score (nSPS) is 18.0. The van der Waals surface area contributed by atoms with Gasteiger partial charge in [0.2, 0.25) is 0 Å². The lowest BCUT2D eigenvalue weighted by Gasteiger charge is -2.34. The fourth-order valence-corrected chi connectivity index (χ4v) is 2.47. The highest BCUT2D eigenvalue weighted by atomic mass is 16.5. The van der Waals surface area contributed by atoms with Gasteiger partial charge < -0.3 is 15.4 Å². The number of rotatable bonds is 4. The van der Waals surface area contributed by atoms with Gasteiger partial charge in [0.15, 0.2) is 0 Å². The summed E-state index contributed by atoms with van der Waals surface area (Å²) in [4.78, 5) is 12.5. The molecule has 0 spiro atoms. The van der Waals surface area contributed by atoms with Crippen LogP contribution < -0.4 is 10.6 Å². The summed E-state index contributed by atoms with van der Waals surface area (Å²) in [5.41, 5.74) is 1.38. The Balaban J connectivity index is 2.10. The van der Waals surface area contributed by atoms with E-state index in [9.17, 15) is 4.79 Å². The summed E-state index contributed by atoms with van der Waals surface area (Å²) in [5.74, 6) is -0.0373. The number of piperidine rings is 1. The molecule has 0 aliphatic carbocycles. The molecule has 0 atom stereocenters. The van der Waals surface area contributed by atoms with E-state index in [1.54, 1.807) is 7.11 Å². The number of hydrogen-bond acceptors (Lipinski definition) is 3. The van der Waals surface area contributed by atoms with E-state index < -0.39 is 5.60 Å². The molecule has 0 radical (unpaired) electrons. The molecule has 104 valence electrons. The van der Waals surface area contributed by atoms with E-state index >= 15 is 0 Å². The molecule has 0 saturated carbocycles. The van der Waals surface area contributed by atoms with Crippen LogP contribution >= 0.6 is 0 Å². The number of amides is 1. The number of nitrogens with one attached hydrogen (secondary N) is 2. The number of carbonyl (C=O) groups is 1. The molecule has 1 aromatic rings. The third-order valence-electron chi connectivity index (χ3n) is 3.81. The number of anilines is 1. The van der Waals surface area contributed by atoms with Crippen molar-refractivity contribution in [3.63, 3.8) is 0 Å². The minimum Gasteiger partial charge on any atom is -0.368 e. The van der Waals surface area contributed by atoms with Crippen LogP contribution in [0.3, 0.4) is 0 Å². The maximum Gasteiger partial charge on any atom is 0.256 e. The molecule has 2 rings (SSSR count). The summed E-state index contributed by atoms with van der Waals surface area (Å²) in [6.07, 6.45) is 2.38. The number of ether oxygens (including phenoxy) is 1. The monoisotopic (exact) mass is 262 g/mol. The second-order valence-corrected chi connectivity index (χ2v) is 4.96. The van der Waals surface area contributed by atoms with E-state index in [1.165, 1.54) is 5.56 Å². The molecule has 19 heavy (non-hydrogen) atoms. The molecule has 1 amide bonds. The van der Waals surface area contributed by atoms with Gasteiger partial charge in [-0.25, -0.2) is 0 Å². The zero-order chi connectivity index (χ0) is 13.7. The van der Waals surface area contributed by atoms with Gasteiger partial charge >= 0.3 is 0 Å². The Morgan fingerprint density at radius 1 is 1.42 bits per heavy atom. The minimum atomic E-state index is -0.687. The van der Waals surface area contributed by atoms with E-state index in [2.05, 4.69) is 23.6 Å². The summed E-state index contributed by atoms with van der Waals surface area (Å²) in [6.45, 7) is 3.73. The number of benzene rings is 1. The Bertz CT molecular complexity index is 440. The van der Waals surface area contributed by atoms with E-state index in [1.807, 2.05) is 18.2 Å². The van der Waals surface area contributed by atoms with Gasteiger partial charge in [-0.15, -0.1) is 0 Å². The van der Waals surface area contributed by atoms with Crippen LogP contribution in [0.1, 0.15) is 25.3 Å². The van der Waals surface area contributed by atoms with Gasteiger partial charge in [-0.05, 0) is 50.0 Å². The van der Waals surface area contributed by atoms with Crippen LogP contribution in [0.4, 0.5) is 5.69 Å². The number of carbonyl (C=O) groups excluding carboxylic acids is 1. The Kier molecular flexibility index (Phi) is 4.56. The lowest BCUT2D eigenvalue weighted by atomic mass is 9.91. The van der Waals surface area contributed by atoms with Crippen LogP contribution in [0.25, 0.3) is 0 Å². The SMILES string of the molecule is CCc1cccc(NC(=O)C2(OC)CCNCC2)c1. The van der Waals surface area contributed by atoms with Crippen LogP contribution in [-0.2, 0) is 16.0 Å². The van der Waals surface area contributed by atoms with E-state index in [0.717, 1.165) is 25.2 Å². The second kappa shape index (κ2) is 6.17. The Morgan fingerprint density at radius 2 is 2.16 bits per heavy atom. The first-order valence-corrected chi connectivity index (χ1v) is 6.86. The molecule has 1 aromatic carbocycles. The highest BCUT2D eigenvalue weighted by Gasteiger charge is 2.39. The highest BCUT2D eigenvalue weighted by molar-refractivity contribution is 5.97. The largest absolute Gasteiger partial charge is 0.368 e. The lowest BCUT2D eigenvalue weighted by molar-refractivity contribution is -0.140. The van der Waals surface area contributed by atoms with Crippen molar-refractivity contribution in [1.29, 1.82) is 0 Å². The Labute approximate surface area is 114 Å². The summed E-state index contributed by atoms with van der Waals surface area (Å²) in [7, 11) is 1.62. The van der Waals surface area contributed by atoms with Crippen molar-refractivity contribution in [2.45, 2.75) is 31.8 Å². The van der Waals surface area contributed by atoms with Crippen LogP contribution in [0.5, 0.6) is 0 Å². The molecule has 1 aliphatic heterocycles. The van der Waals surface area contributed by atoms with Gasteiger partial charge in [0.05, 0.1) is 0 Å². The molecule has 1 aliphatic rings. The maximum atomic E-state index is 12.5. The zero-order valence-corrected chi connectivity index (χ0v) is 11.7. The second-order valence-electron chi connectivity index (χ2n) is 4.96. The molecule has 2 N–H and O–H groups in total. The fourth-order valence-electron chi connectivity index (χ4n) is 2.47. The van der Waals surface area contributed by atoms with Crippen LogP contribution in [0.2, 0.25) is 0 Å². The van der Waals surface area contributed by atoms with Crippen LogP contribution in [0, 0.1) is 0 Å². The first-order chi connectivity index (χ1) is 9.20. The van der Waals surface area contributed by atoms with Crippen molar-refractivity contribution in [3.05, 3.63) is 29.8 Å². The van der Waals surface area contributed by atoms with Crippen molar-refractivity contribution in [2.75, 3.05) is 25.5 Å². The predicted molar refractivity (Wildman–Crippen MR) is 76.3 cm³/mol. The lowest BCUT2D eigenvalue weighted by Crippen LogP contribution is -2.51. The average Bonchev–Trinajstić information content (AvgIpc) is 2.48. The quantitative estimate of drug-likeness (QED) is 0.872. The third-order valence-corrected chi connectivity index (χ3v) is 3.81. The molecule has 0 unspecified atom stereocenters.